The van der Waals surface area contributed by atoms with Gasteiger partial charge < -0.3 is 10.6 Å². The van der Waals surface area contributed by atoms with Crippen LogP contribution in [0.2, 0.25) is 5.02 Å². The van der Waals surface area contributed by atoms with E-state index in [-0.39, 0.29) is 6.04 Å². The highest BCUT2D eigenvalue weighted by atomic mass is 35.5. The fraction of sp³-hybridized carbons (Fsp3) is 0.647. The third-order valence-corrected chi connectivity index (χ3v) is 3.72. The lowest BCUT2D eigenvalue weighted by molar-refractivity contribution is 0.669. The lowest BCUT2D eigenvalue weighted by Crippen LogP contribution is -2.28. The van der Waals surface area contributed by atoms with Crippen LogP contribution in [-0.4, -0.2) is 19.1 Å². The van der Waals surface area contributed by atoms with Crippen molar-refractivity contribution in [1.82, 2.24) is 0 Å². The van der Waals surface area contributed by atoms with Gasteiger partial charge in [-0.2, -0.15) is 0 Å². The first-order valence-corrected chi connectivity index (χ1v) is 8.25. The van der Waals surface area contributed by atoms with E-state index in [1.54, 1.807) is 0 Å². The molecule has 0 spiro atoms. The van der Waals surface area contributed by atoms with Crippen LogP contribution in [-0.2, 0) is 6.42 Å². The number of halogens is 1. The Bertz CT molecular complexity index is 383. The molecule has 0 heterocycles. The van der Waals surface area contributed by atoms with Crippen molar-refractivity contribution in [2.75, 3.05) is 18.0 Å². The van der Waals surface area contributed by atoms with Crippen molar-refractivity contribution in [3.8, 4) is 0 Å². The molecule has 3 heteroatoms. The standard InChI is InChI=1S/C17H29ClN2/c1-4-6-10-20(11-7-5-2)17-9-8-16(18)13-15(17)12-14(3)19/h8-9,13-14H,4-7,10-12,19H2,1-3H3. The molecule has 0 aliphatic rings. The molecule has 0 bridgehead atoms. The van der Waals surface area contributed by atoms with Gasteiger partial charge in [0.15, 0.2) is 0 Å². The third kappa shape index (κ3) is 5.72. The smallest absolute Gasteiger partial charge is 0.0410 e. The van der Waals surface area contributed by atoms with E-state index in [1.807, 2.05) is 13.0 Å². The maximum absolute atomic E-state index is 6.15. The predicted octanol–water partition coefficient (Wildman–Crippen LogP) is 4.64. The Morgan fingerprint density at radius 3 is 2.25 bits per heavy atom. The molecular weight excluding hydrogens is 268 g/mol. The van der Waals surface area contributed by atoms with Crippen molar-refractivity contribution >= 4 is 17.3 Å². The molecule has 1 rings (SSSR count). The first-order chi connectivity index (χ1) is 9.58. The van der Waals surface area contributed by atoms with E-state index >= 15 is 0 Å². The van der Waals surface area contributed by atoms with Gasteiger partial charge in [-0.15, -0.1) is 0 Å². The average molecular weight is 297 g/mol. The van der Waals surface area contributed by atoms with Crippen molar-refractivity contribution < 1.29 is 0 Å². The zero-order valence-electron chi connectivity index (χ0n) is 13.2. The fourth-order valence-electron chi connectivity index (χ4n) is 2.42. The van der Waals surface area contributed by atoms with Gasteiger partial charge in [-0.1, -0.05) is 38.3 Å². The van der Waals surface area contributed by atoms with Crippen LogP contribution in [0.1, 0.15) is 52.0 Å². The van der Waals surface area contributed by atoms with Crippen molar-refractivity contribution in [2.24, 2.45) is 5.73 Å². The van der Waals surface area contributed by atoms with Gasteiger partial charge in [0, 0.05) is 29.8 Å². The molecule has 0 saturated carbocycles. The molecule has 114 valence electrons. The van der Waals surface area contributed by atoms with Crippen LogP contribution in [0.5, 0.6) is 0 Å². The summed E-state index contributed by atoms with van der Waals surface area (Å²) in [4.78, 5) is 2.50. The van der Waals surface area contributed by atoms with Gasteiger partial charge in [0.2, 0.25) is 0 Å². The molecule has 0 aromatic heterocycles. The Labute approximate surface area is 129 Å². The predicted molar refractivity (Wildman–Crippen MR) is 90.8 cm³/mol. The molecule has 2 nitrogen and oxygen atoms in total. The molecule has 20 heavy (non-hydrogen) atoms. The molecule has 2 N–H and O–H groups in total. The molecule has 0 saturated heterocycles. The second kappa shape index (κ2) is 9.25. The number of nitrogens with zero attached hydrogens (tertiary/aromatic N) is 1. The molecule has 0 radical (unpaired) electrons. The van der Waals surface area contributed by atoms with Crippen LogP contribution in [0.15, 0.2) is 18.2 Å². The Morgan fingerprint density at radius 1 is 1.15 bits per heavy atom. The van der Waals surface area contributed by atoms with E-state index in [9.17, 15) is 0 Å². The molecule has 0 amide bonds. The summed E-state index contributed by atoms with van der Waals surface area (Å²) in [6, 6.07) is 6.38. The minimum Gasteiger partial charge on any atom is -0.371 e. The van der Waals surface area contributed by atoms with Gasteiger partial charge >= 0.3 is 0 Å². The fourth-order valence-corrected chi connectivity index (χ4v) is 2.62. The van der Waals surface area contributed by atoms with E-state index in [0.717, 1.165) is 24.5 Å². The Morgan fingerprint density at radius 2 is 1.75 bits per heavy atom. The molecule has 1 aromatic rings. The van der Waals surface area contributed by atoms with Crippen LogP contribution in [0.4, 0.5) is 5.69 Å². The number of benzene rings is 1. The van der Waals surface area contributed by atoms with E-state index in [0.29, 0.717) is 0 Å². The van der Waals surface area contributed by atoms with Crippen LogP contribution < -0.4 is 10.6 Å². The number of nitrogens with two attached hydrogens (primary N) is 1. The van der Waals surface area contributed by atoms with Gasteiger partial charge in [-0.05, 0) is 49.9 Å². The monoisotopic (exact) mass is 296 g/mol. The highest BCUT2D eigenvalue weighted by molar-refractivity contribution is 6.30. The lowest BCUT2D eigenvalue weighted by Gasteiger charge is -2.28. The average Bonchev–Trinajstić information content (AvgIpc) is 2.39. The second-order valence-electron chi connectivity index (χ2n) is 5.65. The zero-order chi connectivity index (χ0) is 15.0. The van der Waals surface area contributed by atoms with Crippen LogP contribution in [0, 0.1) is 0 Å². The van der Waals surface area contributed by atoms with E-state index in [4.69, 9.17) is 17.3 Å². The highest BCUT2D eigenvalue weighted by Crippen LogP contribution is 2.26. The molecule has 1 unspecified atom stereocenters. The second-order valence-corrected chi connectivity index (χ2v) is 6.09. The minimum atomic E-state index is 0.159. The SMILES string of the molecule is CCCCN(CCCC)c1ccc(Cl)cc1CC(C)N. The molecule has 0 aliphatic heterocycles. The van der Waals surface area contributed by atoms with Crippen molar-refractivity contribution in [3.05, 3.63) is 28.8 Å². The van der Waals surface area contributed by atoms with Crippen LogP contribution in [0.3, 0.4) is 0 Å². The zero-order valence-corrected chi connectivity index (χ0v) is 13.9. The largest absolute Gasteiger partial charge is 0.371 e. The Balaban J connectivity index is 2.96. The summed E-state index contributed by atoms with van der Waals surface area (Å²) in [6.45, 7) is 8.76. The molecule has 1 atom stereocenters. The van der Waals surface area contributed by atoms with Gasteiger partial charge in [-0.3, -0.25) is 0 Å². The summed E-state index contributed by atoms with van der Waals surface area (Å²) in [5, 5.41) is 0.801. The molecule has 0 fully saturated rings. The Hall–Kier alpha value is -0.730. The third-order valence-electron chi connectivity index (χ3n) is 3.49. The van der Waals surface area contributed by atoms with Gasteiger partial charge in [0.05, 0.1) is 0 Å². The number of anilines is 1. The lowest BCUT2D eigenvalue weighted by atomic mass is 10.0. The maximum Gasteiger partial charge on any atom is 0.0410 e. The number of unbranched alkanes of at least 4 members (excludes halogenated alkanes) is 2. The summed E-state index contributed by atoms with van der Waals surface area (Å²) < 4.78 is 0. The molecule has 1 aromatic carbocycles. The normalized spacial score (nSPS) is 12.4. The van der Waals surface area contributed by atoms with E-state index in [1.165, 1.54) is 36.9 Å². The number of hydrogen-bond acceptors (Lipinski definition) is 2. The van der Waals surface area contributed by atoms with Gasteiger partial charge in [0.25, 0.3) is 0 Å². The minimum absolute atomic E-state index is 0.159. The topological polar surface area (TPSA) is 29.3 Å². The highest BCUT2D eigenvalue weighted by Gasteiger charge is 2.12. The summed E-state index contributed by atoms with van der Waals surface area (Å²) in [7, 11) is 0. The summed E-state index contributed by atoms with van der Waals surface area (Å²) in [5.74, 6) is 0. The molecule has 0 aliphatic carbocycles. The Kier molecular flexibility index (Phi) is 8.01. The van der Waals surface area contributed by atoms with Crippen molar-refractivity contribution in [3.63, 3.8) is 0 Å². The number of rotatable bonds is 9. The first kappa shape index (κ1) is 17.3. The summed E-state index contributed by atoms with van der Waals surface area (Å²) in [6.07, 6.45) is 5.77. The number of hydrogen-bond donors (Lipinski definition) is 1. The van der Waals surface area contributed by atoms with Crippen molar-refractivity contribution in [2.45, 2.75) is 58.9 Å². The summed E-state index contributed by atoms with van der Waals surface area (Å²) >= 11 is 6.15. The summed E-state index contributed by atoms with van der Waals surface area (Å²) in [5.41, 5.74) is 8.57. The van der Waals surface area contributed by atoms with Gasteiger partial charge in [-0.25, -0.2) is 0 Å². The maximum atomic E-state index is 6.15. The molecular formula is C17H29ClN2. The van der Waals surface area contributed by atoms with E-state index < -0.39 is 0 Å². The van der Waals surface area contributed by atoms with Gasteiger partial charge in [0.1, 0.15) is 0 Å². The first-order valence-electron chi connectivity index (χ1n) is 7.87. The quantitative estimate of drug-likeness (QED) is 0.719. The van der Waals surface area contributed by atoms with Crippen LogP contribution in [0.25, 0.3) is 0 Å². The van der Waals surface area contributed by atoms with E-state index in [2.05, 4.69) is 30.9 Å². The van der Waals surface area contributed by atoms with Crippen molar-refractivity contribution in [1.29, 1.82) is 0 Å². The van der Waals surface area contributed by atoms with Crippen LogP contribution >= 0.6 is 11.6 Å².